The van der Waals surface area contributed by atoms with Crippen LogP contribution in [0.2, 0.25) is 0 Å². The van der Waals surface area contributed by atoms with Crippen molar-refractivity contribution in [1.29, 1.82) is 0 Å². The molecular formula is C13H22N4O. The van der Waals surface area contributed by atoms with E-state index in [9.17, 15) is 0 Å². The third-order valence-corrected chi connectivity index (χ3v) is 3.69. The molecule has 0 radical (unpaired) electrons. The van der Waals surface area contributed by atoms with Crippen LogP contribution in [0.5, 0.6) is 0 Å². The molecule has 2 rings (SSSR count). The maximum atomic E-state index is 4.83. The van der Waals surface area contributed by atoms with Gasteiger partial charge in [0.2, 0.25) is 0 Å². The molecule has 1 aromatic heterocycles. The molecule has 18 heavy (non-hydrogen) atoms. The summed E-state index contributed by atoms with van der Waals surface area (Å²) < 4.78 is 4.83. The van der Waals surface area contributed by atoms with Crippen molar-refractivity contribution in [2.75, 3.05) is 20.6 Å². The molecule has 0 aliphatic heterocycles. The lowest BCUT2D eigenvalue weighted by Gasteiger charge is -2.21. The number of nitrogens with zero attached hydrogens (tertiary/aromatic N) is 3. The van der Waals surface area contributed by atoms with E-state index in [0.717, 1.165) is 24.1 Å². The van der Waals surface area contributed by atoms with E-state index in [4.69, 9.17) is 4.52 Å². The maximum absolute atomic E-state index is 4.83. The standard InChI is InChI=1S/C13H22N4O/c1-13(2)7-10(13)8-15-12(14-3)17(4)9-11-5-6-18-16-11/h5-6,10H,7-9H2,1-4H3,(H,14,15). The van der Waals surface area contributed by atoms with E-state index in [1.165, 1.54) is 6.42 Å². The summed E-state index contributed by atoms with van der Waals surface area (Å²) in [6.45, 7) is 6.30. The van der Waals surface area contributed by atoms with Crippen LogP contribution in [0, 0.1) is 11.3 Å². The molecule has 0 aromatic carbocycles. The van der Waals surface area contributed by atoms with Crippen molar-refractivity contribution in [3.8, 4) is 0 Å². The van der Waals surface area contributed by atoms with Crippen LogP contribution in [0.15, 0.2) is 21.8 Å². The van der Waals surface area contributed by atoms with Crippen LogP contribution in [0.4, 0.5) is 0 Å². The van der Waals surface area contributed by atoms with E-state index >= 15 is 0 Å². The lowest BCUT2D eigenvalue weighted by molar-refractivity contribution is 0.390. The highest BCUT2D eigenvalue weighted by Crippen LogP contribution is 2.50. The minimum atomic E-state index is 0.497. The summed E-state index contributed by atoms with van der Waals surface area (Å²) in [6, 6.07) is 1.87. The molecule has 0 saturated heterocycles. The van der Waals surface area contributed by atoms with E-state index in [2.05, 4.69) is 29.3 Å². The van der Waals surface area contributed by atoms with Gasteiger partial charge in [-0.15, -0.1) is 0 Å². The second-order valence-electron chi connectivity index (χ2n) is 5.66. The summed E-state index contributed by atoms with van der Waals surface area (Å²) >= 11 is 0. The van der Waals surface area contributed by atoms with Gasteiger partial charge in [0, 0.05) is 26.7 Å². The van der Waals surface area contributed by atoms with Crippen molar-refractivity contribution >= 4 is 5.96 Å². The Morgan fingerprint density at radius 1 is 1.67 bits per heavy atom. The predicted molar refractivity (Wildman–Crippen MR) is 71.2 cm³/mol. The van der Waals surface area contributed by atoms with Gasteiger partial charge in [-0.05, 0) is 17.8 Å². The van der Waals surface area contributed by atoms with Gasteiger partial charge in [-0.2, -0.15) is 0 Å². The minimum absolute atomic E-state index is 0.497. The topological polar surface area (TPSA) is 53.7 Å². The Morgan fingerprint density at radius 2 is 2.39 bits per heavy atom. The molecule has 1 aromatic rings. The average Bonchev–Trinajstić information content (AvgIpc) is 2.74. The number of hydrogen-bond acceptors (Lipinski definition) is 3. The van der Waals surface area contributed by atoms with Crippen LogP contribution in [-0.4, -0.2) is 36.7 Å². The van der Waals surface area contributed by atoms with Crippen molar-refractivity contribution in [2.45, 2.75) is 26.8 Å². The summed E-state index contributed by atoms with van der Waals surface area (Å²) in [5.41, 5.74) is 1.41. The van der Waals surface area contributed by atoms with Gasteiger partial charge in [-0.3, -0.25) is 4.99 Å². The highest BCUT2D eigenvalue weighted by atomic mass is 16.5. The normalized spacial score (nSPS) is 21.8. The van der Waals surface area contributed by atoms with Gasteiger partial charge < -0.3 is 14.7 Å². The SMILES string of the molecule is CN=C(NCC1CC1(C)C)N(C)Cc1ccon1. The third kappa shape index (κ3) is 3.03. The van der Waals surface area contributed by atoms with E-state index < -0.39 is 0 Å². The molecule has 1 heterocycles. The molecule has 1 saturated carbocycles. The Labute approximate surface area is 108 Å². The van der Waals surface area contributed by atoms with Gasteiger partial charge in [0.05, 0.1) is 6.54 Å². The lowest BCUT2D eigenvalue weighted by atomic mass is 10.1. The van der Waals surface area contributed by atoms with E-state index in [1.807, 2.05) is 18.0 Å². The lowest BCUT2D eigenvalue weighted by Crippen LogP contribution is -2.39. The van der Waals surface area contributed by atoms with Crippen molar-refractivity contribution in [3.63, 3.8) is 0 Å². The van der Waals surface area contributed by atoms with Gasteiger partial charge in [0.25, 0.3) is 0 Å². The third-order valence-electron chi connectivity index (χ3n) is 3.69. The largest absolute Gasteiger partial charge is 0.364 e. The van der Waals surface area contributed by atoms with E-state index in [-0.39, 0.29) is 0 Å². The Hall–Kier alpha value is -1.52. The molecule has 1 atom stereocenters. The molecule has 1 unspecified atom stereocenters. The zero-order valence-electron chi connectivity index (χ0n) is 11.6. The fourth-order valence-corrected chi connectivity index (χ4v) is 2.16. The minimum Gasteiger partial charge on any atom is -0.364 e. The van der Waals surface area contributed by atoms with Gasteiger partial charge >= 0.3 is 0 Å². The van der Waals surface area contributed by atoms with Crippen LogP contribution in [-0.2, 0) is 6.54 Å². The molecule has 5 nitrogen and oxygen atoms in total. The molecule has 1 aliphatic rings. The monoisotopic (exact) mass is 250 g/mol. The van der Waals surface area contributed by atoms with Gasteiger partial charge in [-0.25, -0.2) is 0 Å². The number of hydrogen-bond donors (Lipinski definition) is 1. The predicted octanol–water partition coefficient (Wildman–Crippen LogP) is 1.73. The van der Waals surface area contributed by atoms with Crippen LogP contribution in [0.3, 0.4) is 0 Å². The first kappa shape index (κ1) is 12.9. The number of guanidine groups is 1. The highest BCUT2D eigenvalue weighted by molar-refractivity contribution is 5.79. The molecule has 5 heteroatoms. The van der Waals surface area contributed by atoms with Gasteiger partial charge in [-0.1, -0.05) is 19.0 Å². The molecule has 0 spiro atoms. The molecule has 1 aliphatic carbocycles. The first-order valence-electron chi connectivity index (χ1n) is 6.34. The summed E-state index contributed by atoms with van der Waals surface area (Å²) in [5, 5.41) is 7.32. The fourth-order valence-electron chi connectivity index (χ4n) is 2.16. The smallest absolute Gasteiger partial charge is 0.193 e. The number of aromatic nitrogens is 1. The van der Waals surface area contributed by atoms with Crippen LogP contribution >= 0.6 is 0 Å². The quantitative estimate of drug-likeness (QED) is 0.653. The zero-order chi connectivity index (χ0) is 13.2. The van der Waals surface area contributed by atoms with Crippen molar-refractivity contribution < 1.29 is 4.52 Å². The summed E-state index contributed by atoms with van der Waals surface area (Å²) in [4.78, 5) is 6.34. The molecule has 1 fully saturated rings. The molecule has 0 amide bonds. The average molecular weight is 250 g/mol. The van der Waals surface area contributed by atoms with Crippen LogP contribution in [0.25, 0.3) is 0 Å². The maximum Gasteiger partial charge on any atom is 0.193 e. The highest BCUT2D eigenvalue weighted by Gasteiger charge is 2.45. The molecular weight excluding hydrogens is 228 g/mol. The second-order valence-corrected chi connectivity index (χ2v) is 5.66. The van der Waals surface area contributed by atoms with Gasteiger partial charge in [0.1, 0.15) is 12.0 Å². The van der Waals surface area contributed by atoms with Crippen molar-refractivity contribution in [1.82, 2.24) is 15.4 Å². The number of nitrogens with one attached hydrogen (secondary N) is 1. The number of aliphatic imine (C=N–C) groups is 1. The molecule has 1 N–H and O–H groups in total. The Morgan fingerprint density at radius 3 is 2.89 bits per heavy atom. The Bertz CT molecular complexity index is 411. The first-order valence-corrected chi connectivity index (χ1v) is 6.34. The summed E-state index contributed by atoms with van der Waals surface area (Å²) in [5.74, 6) is 1.66. The van der Waals surface area contributed by atoms with Crippen molar-refractivity contribution in [2.24, 2.45) is 16.3 Å². The fraction of sp³-hybridized carbons (Fsp3) is 0.692. The Balaban J connectivity index is 1.81. The summed E-state index contributed by atoms with van der Waals surface area (Å²) in [7, 11) is 3.81. The Kier molecular flexibility index (Phi) is 3.59. The first-order chi connectivity index (χ1) is 8.53. The van der Waals surface area contributed by atoms with Gasteiger partial charge in [0.15, 0.2) is 5.96 Å². The van der Waals surface area contributed by atoms with E-state index in [1.54, 1.807) is 13.3 Å². The van der Waals surface area contributed by atoms with Crippen molar-refractivity contribution in [3.05, 3.63) is 18.0 Å². The van der Waals surface area contributed by atoms with Crippen LogP contribution in [0.1, 0.15) is 26.0 Å². The molecule has 0 bridgehead atoms. The second kappa shape index (κ2) is 5.00. The number of rotatable bonds is 4. The zero-order valence-corrected chi connectivity index (χ0v) is 11.6. The van der Waals surface area contributed by atoms with Crippen LogP contribution < -0.4 is 5.32 Å². The summed E-state index contributed by atoms with van der Waals surface area (Å²) in [6.07, 6.45) is 2.88. The van der Waals surface area contributed by atoms with E-state index in [0.29, 0.717) is 12.0 Å². The molecule has 100 valence electrons.